The molecule has 2 aromatic carbocycles. The Kier molecular flexibility index (Phi) is 5.96. The first-order chi connectivity index (χ1) is 11.6. The molecule has 0 unspecified atom stereocenters. The molecule has 0 spiro atoms. The fourth-order valence-corrected chi connectivity index (χ4v) is 1.95. The van der Waals surface area contributed by atoms with Gasteiger partial charge < -0.3 is 10.6 Å². The van der Waals surface area contributed by atoms with Gasteiger partial charge in [0.2, 0.25) is 0 Å². The molecular weight excluding hydrogens is 324 g/mol. The molecule has 6 heteroatoms. The molecule has 5 nitrogen and oxygen atoms in total. The second-order valence-corrected chi connectivity index (χ2v) is 5.25. The zero-order valence-corrected chi connectivity index (χ0v) is 13.3. The van der Waals surface area contributed by atoms with Gasteiger partial charge in [0.05, 0.1) is 11.6 Å². The number of nitriles is 2. The summed E-state index contributed by atoms with van der Waals surface area (Å²) in [5, 5.41) is 24.0. The van der Waals surface area contributed by atoms with Gasteiger partial charge in [-0.05, 0) is 42.0 Å². The predicted molar refractivity (Wildman–Crippen MR) is 91.8 cm³/mol. The van der Waals surface area contributed by atoms with Crippen LogP contribution in [0.5, 0.6) is 0 Å². The van der Waals surface area contributed by atoms with Gasteiger partial charge >= 0.3 is 0 Å². The van der Waals surface area contributed by atoms with Crippen molar-refractivity contribution in [3.05, 3.63) is 76.5 Å². The summed E-state index contributed by atoms with van der Waals surface area (Å²) in [4.78, 5) is 12.0. The van der Waals surface area contributed by atoms with Crippen LogP contribution < -0.4 is 10.6 Å². The topological polar surface area (TPSA) is 88.7 Å². The van der Waals surface area contributed by atoms with E-state index >= 15 is 0 Å². The first kappa shape index (κ1) is 17.1. The molecule has 0 fully saturated rings. The first-order valence-corrected chi connectivity index (χ1v) is 7.40. The van der Waals surface area contributed by atoms with Gasteiger partial charge in [-0.25, -0.2) is 0 Å². The number of hydrogen-bond donors (Lipinski definition) is 2. The molecule has 2 N–H and O–H groups in total. The average molecular weight is 337 g/mol. The quantitative estimate of drug-likeness (QED) is 0.647. The molecule has 0 saturated carbocycles. The number of amides is 1. The maximum Gasteiger partial charge on any atom is 0.263 e. The van der Waals surface area contributed by atoms with Crippen LogP contribution in [-0.2, 0) is 11.3 Å². The number of benzene rings is 2. The van der Waals surface area contributed by atoms with Crippen molar-refractivity contribution in [1.82, 2.24) is 5.32 Å². The van der Waals surface area contributed by atoms with E-state index in [1.165, 1.54) is 6.20 Å². The molecule has 118 valence electrons. The van der Waals surface area contributed by atoms with E-state index in [1.54, 1.807) is 48.5 Å². The minimum absolute atomic E-state index is 0.0478. The Morgan fingerprint density at radius 1 is 1.08 bits per heavy atom. The van der Waals surface area contributed by atoms with Crippen LogP contribution in [0.3, 0.4) is 0 Å². The Balaban J connectivity index is 1.96. The lowest BCUT2D eigenvalue weighted by Gasteiger charge is -2.05. The fraction of sp³-hybridized carbons (Fsp3) is 0.0556. The maximum atomic E-state index is 12.0. The van der Waals surface area contributed by atoms with Crippen LogP contribution in [0.2, 0.25) is 5.02 Å². The van der Waals surface area contributed by atoms with E-state index in [0.29, 0.717) is 22.8 Å². The van der Waals surface area contributed by atoms with E-state index < -0.39 is 5.91 Å². The van der Waals surface area contributed by atoms with Crippen LogP contribution in [0, 0.1) is 22.7 Å². The third kappa shape index (κ3) is 4.88. The monoisotopic (exact) mass is 336 g/mol. The van der Waals surface area contributed by atoms with Gasteiger partial charge in [0.25, 0.3) is 5.91 Å². The van der Waals surface area contributed by atoms with E-state index in [4.69, 9.17) is 22.1 Å². The van der Waals surface area contributed by atoms with Crippen molar-refractivity contribution in [3.63, 3.8) is 0 Å². The second kappa shape index (κ2) is 8.38. The average Bonchev–Trinajstić information content (AvgIpc) is 2.62. The standard InChI is InChI=1S/C18H13ClN4O/c19-16-5-1-14(2-6-16)11-23-18(24)15(10-21)12-22-17-7-3-13(9-20)4-8-17/h1-8,12,22H,11H2,(H,23,24)/b15-12-. The second-order valence-electron chi connectivity index (χ2n) is 4.81. The molecule has 0 aliphatic carbocycles. The van der Waals surface area contributed by atoms with Gasteiger partial charge in [-0.1, -0.05) is 23.7 Å². The van der Waals surface area contributed by atoms with Crippen LogP contribution in [0.15, 0.2) is 60.3 Å². The molecule has 0 heterocycles. The van der Waals surface area contributed by atoms with E-state index in [9.17, 15) is 4.79 Å². The van der Waals surface area contributed by atoms with Gasteiger partial charge in [-0.3, -0.25) is 4.79 Å². The van der Waals surface area contributed by atoms with Gasteiger partial charge in [0.1, 0.15) is 11.6 Å². The zero-order valence-electron chi connectivity index (χ0n) is 12.6. The predicted octanol–water partition coefficient (Wildman–Crippen LogP) is 3.35. The zero-order chi connectivity index (χ0) is 17.4. The van der Waals surface area contributed by atoms with Crippen molar-refractivity contribution < 1.29 is 4.79 Å². The van der Waals surface area contributed by atoms with Crippen LogP contribution in [0.4, 0.5) is 5.69 Å². The number of hydrogen-bond acceptors (Lipinski definition) is 4. The molecule has 0 saturated heterocycles. The van der Waals surface area contributed by atoms with Crippen molar-refractivity contribution in [1.29, 1.82) is 10.5 Å². The summed E-state index contributed by atoms with van der Waals surface area (Å²) in [6, 6.07) is 17.6. The number of carbonyl (C=O) groups is 1. The SMILES string of the molecule is N#C/C(=C/Nc1ccc(C#N)cc1)C(=O)NCc1ccc(Cl)cc1. The third-order valence-corrected chi connectivity index (χ3v) is 3.38. The van der Waals surface area contributed by atoms with Crippen molar-refractivity contribution >= 4 is 23.2 Å². The molecule has 0 atom stereocenters. The molecule has 24 heavy (non-hydrogen) atoms. The Morgan fingerprint density at radius 3 is 2.33 bits per heavy atom. The van der Waals surface area contributed by atoms with Crippen LogP contribution in [-0.4, -0.2) is 5.91 Å². The lowest BCUT2D eigenvalue weighted by molar-refractivity contribution is -0.117. The van der Waals surface area contributed by atoms with Crippen molar-refractivity contribution in [2.45, 2.75) is 6.54 Å². The number of halogens is 1. The van der Waals surface area contributed by atoms with E-state index in [-0.39, 0.29) is 5.57 Å². The summed E-state index contributed by atoms with van der Waals surface area (Å²) < 4.78 is 0. The Bertz CT molecular complexity index is 827. The molecule has 1 amide bonds. The molecule has 2 aromatic rings. The van der Waals surface area contributed by atoms with E-state index in [2.05, 4.69) is 10.6 Å². The van der Waals surface area contributed by atoms with E-state index in [0.717, 1.165) is 5.56 Å². The third-order valence-electron chi connectivity index (χ3n) is 3.13. The lowest BCUT2D eigenvalue weighted by Crippen LogP contribution is -2.24. The summed E-state index contributed by atoms with van der Waals surface area (Å²) in [7, 11) is 0. The highest BCUT2D eigenvalue weighted by Crippen LogP contribution is 2.10. The Hall–Kier alpha value is -3.28. The van der Waals surface area contributed by atoms with Crippen molar-refractivity contribution in [2.24, 2.45) is 0 Å². The Labute approximate surface area is 144 Å². The minimum atomic E-state index is -0.478. The highest BCUT2D eigenvalue weighted by Gasteiger charge is 2.08. The van der Waals surface area contributed by atoms with Crippen LogP contribution in [0.25, 0.3) is 0 Å². The normalized spacial score (nSPS) is 10.4. The summed E-state index contributed by atoms with van der Waals surface area (Å²) >= 11 is 5.80. The highest BCUT2D eigenvalue weighted by atomic mass is 35.5. The highest BCUT2D eigenvalue weighted by molar-refractivity contribution is 6.30. The summed E-state index contributed by atoms with van der Waals surface area (Å²) in [6.07, 6.45) is 1.33. The smallest absolute Gasteiger partial charge is 0.263 e. The number of nitrogens with zero attached hydrogens (tertiary/aromatic N) is 2. The molecule has 0 aromatic heterocycles. The van der Waals surface area contributed by atoms with Crippen LogP contribution >= 0.6 is 11.6 Å². The van der Waals surface area contributed by atoms with E-state index in [1.807, 2.05) is 12.1 Å². The van der Waals surface area contributed by atoms with Crippen molar-refractivity contribution in [3.8, 4) is 12.1 Å². The van der Waals surface area contributed by atoms with Gasteiger partial charge in [-0.2, -0.15) is 10.5 Å². The molecule has 0 aliphatic rings. The summed E-state index contributed by atoms with van der Waals surface area (Å²) in [6.45, 7) is 0.298. The number of anilines is 1. The van der Waals surface area contributed by atoms with Crippen molar-refractivity contribution in [2.75, 3.05) is 5.32 Å². The Morgan fingerprint density at radius 2 is 1.75 bits per heavy atom. The lowest BCUT2D eigenvalue weighted by atomic mass is 10.2. The maximum absolute atomic E-state index is 12.0. The van der Waals surface area contributed by atoms with Gasteiger partial charge in [0.15, 0.2) is 0 Å². The molecular formula is C18H13ClN4O. The molecule has 2 rings (SSSR count). The number of carbonyl (C=O) groups excluding carboxylic acids is 1. The van der Waals surface area contributed by atoms with Gasteiger partial charge in [0, 0.05) is 23.5 Å². The molecule has 0 bridgehead atoms. The minimum Gasteiger partial charge on any atom is -0.360 e. The van der Waals surface area contributed by atoms with Gasteiger partial charge in [-0.15, -0.1) is 0 Å². The van der Waals surface area contributed by atoms with Crippen LogP contribution in [0.1, 0.15) is 11.1 Å². The first-order valence-electron chi connectivity index (χ1n) is 7.02. The summed E-state index contributed by atoms with van der Waals surface area (Å²) in [5.74, 6) is -0.478. The largest absolute Gasteiger partial charge is 0.360 e. The number of rotatable bonds is 5. The summed E-state index contributed by atoms with van der Waals surface area (Å²) in [5.41, 5.74) is 2.04. The molecule has 0 radical (unpaired) electrons. The molecule has 0 aliphatic heterocycles. The number of nitrogens with one attached hydrogen (secondary N) is 2. The fourth-order valence-electron chi connectivity index (χ4n) is 1.82.